The lowest BCUT2D eigenvalue weighted by atomic mass is 10.0. The van der Waals surface area contributed by atoms with Crippen molar-refractivity contribution in [2.45, 2.75) is 91.3 Å². The number of hydrogen-bond donors (Lipinski definition) is 1. The summed E-state index contributed by atoms with van der Waals surface area (Å²) in [6.45, 7) is 8.34. The second kappa shape index (κ2) is 13.3. The predicted octanol–water partition coefficient (Wildman–Crippen LogP) is 5.02. The minimum Gasteiger partial charge on any atom is -0.352 e. The minimum atomic E-state index is -3.53. The first-order valence-electron chi connectivity index (χ1n) is 13.7. The molecule has 0 bridgehead atoms. The normalized spacial score (nSPS) is 14.8. The van der Waals surface area contributed by atoms with E-state index in [0.29, 0.717) is 25.1 Å². The van der Waals surface area contributed by atoms with E-state index in [9.17, 15) is 18.0 Å². The standard InChI is InChI=1S/C30H43N3O4S/c1-6-27(30(35)31-26-16-9-10-17-26)32(21-25-15-8-7-13-23(25)3)29(34)19-12-20-33(38(5,36)37)28-18-11-14-22(2)24(28)4/h7-8,11,13-15,18,26-27H,6,9-10,12,16-17,19-21H2,1-5H3,(H,31,35). The van der Waals surface area contributed by atoms with Gasteiger partial charge in [-0.2, -0.15) is 0 Å². The molecular formula is C30H43N3O4S. The summed E-state index contributed by atoms with van der Waals surface area (Å²) in [5.74, 6) is -0.245. The smallest absolute Gasteiger partial charge is 0.243 e. The van der Waals surface area contributed by atoms with E-state index in [2.05, 4.69) is 5.32 Å². The molecule has 0 aromatic heterocycles. The van der Waals surface area contributed by atoms with Crippen LogP contribution in [-0.4, -0.2) is 50.0 Å². The fourth-order valence-corrected chi connectivity index (χ4v) is 6.26. The topological polar surface area (TPSA) is 86.8 Å². The highest BCUT2D eigenvalue weighted by atomic mass is 32.2. The summed E-state index contributed by atoms with van der Waals surface area (Å²) < 4.78 is 26.7. The average molecular weight is 542 g/mol. The quantitative estimate of drug-likeness (QED) is 0.409. The summed E-state index contributed by atoms with van der Waals surface area (Å²) in [6, 6.07) is 13.1. The Morgan fingerprint density at radius 2 is 1.66 bits per heavy atom. The molecule has 2 aromatic rings. The number of carbonyl (C=O) groups excluding carboxylic acids is 2. The summed E-state index contributed by atoms with van der Waals surface area (Å²) in [6.07, 6.45) is 6.40. The van der Waals surface area contributed by atoms with Gasteiger partial charge in [0.05, 0.1) is 11.9 Å². The number of amides is 2. The van der Waals surface area contributed by atoms with E-state index in [-0.39, 0.29) is 30.8 Å². The lowest BCUT2D eigenvalue weighted by molar-refractivity contribution is -0.141. The van der Waals surface area contributed by atoms with Crippen LogP contribution in [0.5, 0.6) is 0 Å². The van der Waals surface area contributed by atoms with Crippen molar-refractivity contribution in [2.24, 2.45) is 0 Å². The number of rotatable bonds is 12. The molecule has 0 saturated heterocycles. The summed E-state index contributed by atoms with van der Waals surface area (Å²) in [5.41, 5.74) is 4.62. The van der Waals surface area contributed by atoms with Crippen LogP contribution in [0.4, 0.5) is 5.69 Å². The number of aryl methyl sites for hydroxylation is 2. The molecule has 0 aliphatic heterocycles. The number of benzene rings is 2. The number of anilines is 1. The SMILES string of the molecule is CCC(C(=O)NC1CCCC1)N(Cc1ccccc1C)C(=O)CCCN(c1cccc(C)c1C)S(C)(=O)=O. The van der Waals surface area contributed by atoms with Gasteiger partial charge in [-0.3, -0.25) is 13.9 Å². The minimum absolute atomic E-state index is 0.102. The van der Waals surface area contributed by atoms with E-state index in [1.54, 1.807) is 11.0 Å². The Morgan fingerprint density at radius 3 is 2.29 bits per heavy atom. The van der Waals surface area contributed by atoms with E-state index >= 15 is 0 Å². The highest BCUT2D eigenvalue weighted by Gasteiger charge is 2.31. The maximum absolute atomic E-state index is 13.7. The molecule has 3 rings (SSSR count). The Kier molecular flexibility index (Phi) is 10.4. The molecule has 0 heterocycles. The van der Waals surface area contributed by atoms with Crippen molar-refractivity contribution in [1.29, 1.82) is 0 Å². The van der Waals surface area contributed by atoms with Crippen LogP contribution in [0.2, 0.25) is 0 Å². The second-order valence-electron chi connectivity index (χ2n) is 10.5. The highest BCUT2D eigenvalue weighted by Crippen LogP contribution is 2.26. The first kappa shape index (κ1) is 29.7. The Labute approximate surface area is 228 Å². The van der Waals surface area contributed by atoms with E-state index in [4.69, 9.17) is 0 Å². The van der Waals surface area contributed by atoms with Gasteiger partial charge in [-0.05, 0) is 74.8 Å². The summed E-state index contributed by atoms with van der Waals surface area (Å²) in [7, 11) is -3.53. The number of nitrogens with one attached hydrogen (secondary N) is 1. The number of carbonyl (C=O) groups is 2. The Hall–Kier alpha value is -2.87. The van der Waals surface area contributed by atoms with Crippen molar-refractivity contribution in [3.8, 4) is 0 Å². The Morgan fingerprint density at radius 1 is 1.00 bits per heavy atom. The molecule has 38 heavy (non-hydrogen) atoms. The molecule has 1 aliphatic carbocycles. The van der Waals surface area contributed by atoms with Crippen molar-refractivity contribution in [3.63, 3.8) is 0 Å². The van der Waals surface area contributed by atoms with Gasteiger partial charge in [0.2, 0.25) is 21.8 Å². The van der Waals surface area contributed by atoms with Crippen LogP contribution in [-0.2, 0) is 26.2 Å². The van der Waals surface area contributed by atoms with Gasteiger partial charge < -0.3 is 10.2 Å². The van der Waals surface area contributed by atoms with Gasteiger partial charge in [-0.1, -0.05) is 56.2 Å². The zero-order valence-electron chi connectivity index (χ0n) is 23.5. The maximum Gasteiger partial charge on any atom is 0.243 e. The van der Waals surface area contributed by atoms with Gasteiger partial charge in [0.25, 0.3) is 0 Å². The highest BCUT2D eigenvalue weighted by molar-refractivity contribution is 7.92. The first-order chi connectivity index (χ1) is 18.0. The maximum atomic E-state index is 13.7. The van der Waals surface area contributed by atoms with Crippen LogP contribution in [0.1, 0.15) is 74.1 Å². The third kappa shape index (κ3) is 7.59. The molecule has 7 nitrogen and oxygen atoms in total. The zero-order valence-corrected chi connectivity index (χ0v) is 24.3. The van der Waals surface area contributed by atoms with Gasteiger partial charge in [0, 0.05) is 25.6 Å². The van der Waals surface area contributed by atoms with E-state index in [0.717, 1.165) is 47.9 Å². The number of nitrogens with zero attached hydrogens (tertiary/aromatic N) is 2. The molecule has 0 spiro atoms. The fraction of sp³-hybridized carbons (Fsp3) is 0.533. The average Bonchev–Trinajstić information content (AvgIpc) is 3.37. The predicted molar refractivity (Wildman–Crippen MR) is 154 cm³/mol. The third-order valence-electron chi connectivity index (χ3n) is 7.69. The lowest BCUT2D eigenvalue weighted by Gasteiger charge is -2.32. The van der Waals surface area contributed by atoms with Crippen molar-refractivity contribution in [3.05, 3.63) is 64.7 Å². The summed E-state index contributed by atoms with van der Waals surface area (Å²) >= 11 is 0. The van der Waals surface area contributed by atoms with Gasteiger partial charge in [0.1, 0.15) is 6.04 Å². The van der Waals surface area contributed by atoms with Crippen molar-refractivity contribution in [2.75, 3.05) is 17.1 Å². The molecule has 0 radical (unpaired) electrons. The van der Waals surface area contributed by atoms with Gasteiger partial charge in [-0.25, -0.2) is 8.42 Å². The molecule has 1 saturated carbocycles. The molecule has 2 aromatic carbocycles. The molecular weight excluding hydrogens is 498 g/mol. The molecule has 1 unspecified atom stereocenters. The van der Waals surface area contributed by atoms with Crippen molar-refractivity contribution in [1.82, 2.24) is 10.2 Å². The summed E-state index contributed by atoms with van der Waals surface area (Å²) in [4.78, 5) is 28.7. The van der Waals surface area contributed by atoms with Crippen LogP contribution in [0.15, 0.2) is 42.5 Å². The zero-order chi connectivity index (χ0) is 27.9. The molecule has 1 aliphatic rings. The monoisotopic (exact) mass is 541 g/mol. The number of hydrogen-bond acceptors (Lipinski definition) is 4. The van der Waals surface area contributed by atoms with Crippen LogP contribution in [0.25, 0.3) is 0 Å². The number of sulfonamides is 1. The van der Waals surface area contributed by atoms with E-state index < -0.39 is 16.1 Å². The Balaban J connectivity index is 1.79. The van der Waals surface area contributed by atoms with Gasteiger partial charge in [-0.15, -0.1) is 0 Å². The largest absolute Gasteiger partial charge is 0.352 e. The van der Waals surface area contributed by atoms with Crippen LogP contribution in [0.3, 0.4) is 0 Å². The molecule has 1 fully saturated rings. The summed E-state index contributed by atoms with van der Waals surface area (Å²) in [5, 5.41) is 3.17. The van der Waals surface area contributed by atoms with Crippen molar-refractivity contribution >= 4 is 27.5 Å². The molecule has 2 amide bonds. The van der Waals surface area contributed by atoms with Crippen molar-refractivity contribution < 1.29 is 18.0 Å². The molecule has 1 atom stereocenters. The lowest BCUT2D eigenvalue weighted by Crippen LogP contribution is -2.51. The van der Waals surface area contributed by atoms with Gasteiger partial charge >= 0.3 is 0 Å². The van der Waals surface area contributed by atoms with Gasteiger partial charge in [0.15, 0.2) is 0 Å². The molecule has 1 N–H and O–H groups in total. The molecule has 8 heteroatoms. The van der Waals surface area contributed by atoms with Crippen LogP contribution < -0.4 is 9.62 Å². The third-order valence-corrected chi connectivity index (χ3v) is 8.87. The molecule has 208 valence electrons. The first-order valence-corrected chi connectivity index (χ1v) is 15.6. The Bertz CT molecular complexity index is 1220. The second-order valence-corrected chi connectivity index (χ2v) is 12.4. The van der Waals surface area contributed by atoms with Crippen LogP contribution >= 0.6 is 0 Å². The van der Waals surface area contributed by atoms with Crippen LogP contribution in [0, 0.1) is 20.8 Å². The fourth-order valence-electron chi connectivity index (χ4n) is 5.25. The van der Waals surface area contributed by atoms with E-state index in [1.165, 1.54) is 10.6 Å². The van der Waals surface area contributed by atoms with E-state index in [1.807, 2.05) is 64.1 Å².